The van der Waals surface area contributed by atoms with Crippen LogP contribution in [0.1, 0.15) is 28.8 Å². The monoisotopic (exact) mass is 395 g/mol. The Bertz CT molecular complexity index is 891. The van der Waals surface area contributed by atoms with Crippen molar-refractivity contribution < 1.29 is 19.3 Å². The second-order valence-corrected chi connectivity index (χ2v) is 7.57. The topological polar surface area (TPSA) is 91.7 Å². The fourth-order valence-corrected chi connectivity index (χ4v) is 2.93. The van der Waals surface area contributed by atoms with Crippen molar-refractivity contribution >= 4 is 29.1 Å². The van der Waals surface area contributed by atoms with Crippen LogP contribution in [-0.2, 0) is 9.59 Å². The van der Waals surface area contributed by atoms with Crippen LogP contribution < -0.4 is 20.9 Å². The Hall–Kier alpha value is -3.19. The molecule has 1 saturated carbocycles. The van der Waals surface area contributed by atoms with Gasteiger partial charge in [-0.1, -0.05) is 29.8 Å². The summed E-state index contributed by atoms with van der Waals surface area (Å²) < 4.78 is 0. The molecule has 1 fully saturated rings. The zero-order valence-electron chi connectivity index (χ0n) is 16.7. The molecule has 1 atom stereocenters. The van der Waals surface area contributed by atoms with Gasteiger partial charge >= 0.3 is 0 Å². The Kier molecular flexibility index (Phi) is 6.61. The van der Waals surface area contributed by atoms with E-state index in [1.807, 2.05) is 31.2 Å². The number of hydrogen-bond acceptors (Lipinski definition) is 3. The molecule has 0 saturated heterocycles. The first-order chi connectivity index (χ1) is 13.9. The summed E-state index contributed by atoms with van der Waals surface area (Å²) in [5.41, 5.74) is 2.78. The van der Waals surface area contributed by atoms with E-state index in [0.29, 0.717) is 11.3 Å². The van der Waals surface area contributed by atoms with E-state index >= 15 is 0 Å². The summed E-state index contributed by atoms with van der Waals surface area (Å²) in [7, 11) is 1.78. The maximum Gasteiger partial charge on any atom is 0.279 e. The van der Waals surface area contributed by atoms with Crippen molar-refractivity contribution in [3.05, 3.63) is 59.7 Å². The van der Waals surface area contributed by atoms with Crippen LogP contribution in [-0.4, -0.2) is 43.9 Å². The minimum atomic E-state index is -0.252. The van der Waals surface area contributed by atoms with E-state index in [4.69, 9.17) is 0 Å². The van der Waals surface area contributed by atoms with E-state index in [1.165, 1.54) is 0 Å². The Balaban J connectivity index is 1.50. The quantitative estimate of drug-likeness (QED) is 0.537. The third kappa shape index (κ3) is 6.43. The molecule has 0 spiro atoms. The number of likely N-dealkylation sites (N-methyl/N-ethyl adjacent to an activating group) is 1. The molecule has 3 amide bonds. The van der Waals surface area contributed by atoms with Gasteiger partial charge in [0.25, 0.3) is 17.7 Å². The lowest BCUT2D eigenvalue weighted by Gasteiger charge is -2.15. The van der Waals surface area contributed by atoms with Gasteiger partial charge in [0, 0.05) is 11.7 Å². The summed E-state index contributed by atoms with van der Waals surface area (Å²) in [4.78, 5) is 37.7. The second-order valence-electron chi connectivity index (χ2n) is 7.57. The maximum atomic E-state index is 12.4. The molecule has 0 heterocycles. The van der Waals surface area contributed by atoms with Gasteiger partial charge in [0.05, 0.1) is 18.3 Å². The highest BCUT2D eigenvalue weighted by molar-refractivity contribution is 6.04. The molecule has 7 nitrogen and oxygen atoms in total. The first kappa shape index (κ1) is 20.5. The third-order valence-corrected chi connectivity index (χ3v) is 4.62. The first-order valence-corrected chi connectivity index (χ1v) is 9.78. The molecule has 0 radical (unpaired) electrons. The fraction of sp³-hybridized carbons (Fsp3) is 0.318. The van der Waals surface area contributed by atoms with Gasteiger partial charge in [0.15, 0.2) is 13.1 Å². The highest BCUT2D eigenvalue weighted by Gasteiger charge is 2.25. The average Bonchev–Trinajstić information content (AvgIpc) is 3.47. The number of nitrogens with one attached hydrogen (secondary N) is 4. The molecule has 0 aliphatic heterocycles. The lowest BCUT2D eigenvalue weighted by molar-refractivity contribution is -0.862. The zero-order valence-corrected chi connectivity index (χ0v) is 16.7. The van der Waals surface area contributed by atoms with Crippen LogP contribution in [0.25, 0.3) is 0 Å². The van der Waals surface area contributed by atoms with Crippen molar-refractivity contribution in [2.75, 3.05) is 30.8 Å². The molecule has 1 aliphatic carbocycles. The summed E-state index contributed by atoms with van der Waals surface area (Å²) in [6, 6.07) is 14.7. The molecule has 2 aromatic rings. The molecular weight excluding hydrogens is 368 g/mol. The van der Waals surface area contributed by atoms with E-state index in [1.54, 1.807) is 31.3 Å². The van der Waals surface area contributed by atoms with E-state index in [0.717, 1.165) is 29.0 Å². The van der Waals surface area contributed by atoms with E-state index < -0.39 is 0 Å². The third-order valence-electron chi connectivity index (χ3n) is 4.62. The van der Waals surface area contributed by atoms with Crippen molar-refractivity contribution in [2.45, 2.75) is 25.8 Å². The number of para-hydroxylation sites is 1. The molecule has 152 valence electrons. The molecule has 29 heavy (non-hydrogen) atoms. The molecule has 2 aromatic carbocycles. The first-order valence-electron chi connectivity index (χ1n) is 9.78. The number of benzene rings is 2. The van der Waals surface area contributed by atoms with Crippen LogP contribution >= 0.6 is 0 Å². The van der Waals surface area contributed by atoms with Crippen molar-refractivity contribution in [2.24, 2.45) is 0 Å². The Morgan fingerprint density at radius 2 is 1.55 bits per heavy atom. The molecular formula is C22H27N4O3+. The summed E-state index contributed by atoms with van der Waals surface area (Å²) >= 11 is 0. The number of rotatable bonds is 8. The number of anilines is 2. The molecule has 0 bridgehead atoms. The predicted octanol–water partition coefficient (Wildman–Crippen LogP) is 0.979. The van der Waals surface area contributed by atoms with Gasteiger partial charge in [0.2, 0.25) is 0 Å². The molecule has 1 aliphatic rings. The smallest absolute Gasteiger partial charge is 0.279 e. The Morgan fingerprint density at radius 3 is 2.21 bits per heavy atom. The molecule has 7 heteroatoms. The van der Waals surface area contributed by atoms with Crippen LogP contribution in [0.3, 0.4) is 0 Å². The van der Waals surface area contributed by atoms with E-state index in [2.05, 4.69) is 16.0 Å². The molecule has 4 N–H and O–H groups in total. The van der Waals surface area contributed by atoms with Crippen molar-refractivity contribution in [1.29, 1.82) is 0 Å². The SMILES string of the molecule is Cc1ccc(NC(=O)C[NH+](C)CC(=O)Nc2ccccc2C(=O)NC2CC2)cc1. The van der Waals surface area contributed by atoms with Crippen LogP contribution in [0, 0.1) is 6.92 Å². The summed E-state index contributed by atoms with van der Waals surface area (Å²) in [5.74, 6) is -0.595. The summed E-state index contributed by atoms with van der Waals surface area (Å²) in [6.07, 6.45) is 2.00. The second kappa shape index (κ2) is 9.34. The number of hydrogen-bond donors (Lipinski definition) is 4. The van der Waals surface area contributed by atoms with Gasteiger partial charge in [-0.3, -0.25) is 14.4 Å². The predicted molar refractivity (Wildman–Crippen MR) is 112 cm³/mol. The number of carbonyl (C=O) groups is 3. The molecule has 1 unspecified atom stereocenters. The standard InChI is InChI=1S/C22H26N4O3/c1-15-7-9-16(10-8-15)23-20(27)13-26(2)14-21(28)25-19-6-4-3-5-18(19)22(29)24-17-11-12-17/h3-10,17H,11-14H2,1-2H3,(H,23,27)(H,24,29)(H,25,28)/p+1. The van der Waals surface area contributed by atoms with Gasteiger partial charge in [-0.2, -0.15) is 0 Å². The molecule has 3 rings (SSSR count). The van der Waals surface area contributed by atoms with Gasteiger partial charge in [0.1, 0.15) is 0 Å². The van der Waals surface area contributed by atoms with Gasteiger partial charge in [-0.15, -0.1) is 0 Å². The van der Waals surface area contributed by atoms with Gasteiger partial charge < -0.3 is 20.9 Å². The highest BCUT2D eigenvalue weighted by atomic mass is 16.2. The van der Waals surface area contributed by atoms with Crippen LogP contribution in [0.15, 0.2) is 48.5 Å². The van der Waals surface area contributed by atoms with Crippen molar-refractivity contribution in [3.63, 3.8) is 0 Å². The number of quaternary nitrogens is 1. The summed E-state index contributed by atoms with van der Waals surface area (Å²) in [6.45, 7) is 2.25. The Morgan fingerprint density at radius 1 is 0.931 bits per heavy atom. The fourth-order valence-electron chi connectivity index (χ4n) is 2.93. The molecule has 0 aromatic heterocycles. The van der Waals surface area contributed by atoms with Gasteiger partial charge in [-0.25, -0.2) is 0 Å². The van der Waals surface area contributed by atoms with E-state index in [-0.39, 0.29) is 36.9 Å². The average molecular weight is 395 g/mol. The van der Waals surface area contributed by atoms with Crippen molar-refractivity contribution in [1.82, 2.24) is 5.32 Å². The number of aryl methyl sites for hydroxylation is 1. The van der Waals surface area contributed by atoms with E-state index in [9.17, 15) is 14.4 Å². The van der Waals surface area contributed by atoms with Crippen LogP contribution in [0.5, 0.6) is 0 Å². The number of carbonyl (C=O) groups excluding carboxylic acids is 3. The zero-order chi connectivity index (χ0) is 20.8. The van der Waals surface area contributed by atoms with Gasteiger partial charge in [-0.05, 0) is 44.0 Å². The van der Waals surface area contributed by atoms with Crippen LogP contribution in [0.2, 0.25) is 0 Å². The maximum absolute atomic E-state index is 12.4. The lowest BCUT2D eigenvalue weighted by atomic mass is 10.1. The minimum Gasteiger partial charge on any atom is -0.349 e. The largest absolute Gasteiger partial charge is 0.349 e. The lowest BCUT2D eigenvalue weighted by Crippen LogP contribution is -3.11. The van der Waals surface area contributed by atoms with Crippen molar-refractivity contribution in [3.8, 4) is 0 Å². The van der Waals surface area contributed by atoms with Crippen LogP contribution in [0.4, 0.5) is 11.4 Å². The summed E-state index contributed by atoms with van der Waals surface area (Å²) in [5, 5.41) is 8.55. The number of amides is 3. The normalized spacial score (nSPS) is 14.0. The minimum absolute atomic E-state index is 0.111. The highest BCUT2D eigenvalue weighted by Crippen LogP contribution is 2.21. The Labute approximate surface area is 170 Å².